The van der Waals surface area contributed by atoms with Gasteiger partial charge in [-0.2, -0.15) is 0 Å². The van der Waals surface area contributed by atoms with Crippen LogP contribution in [0.15, 0.2) is 33.5 Å². The highest BCUT2D eigenvalue weighted by Crippen LogP contribution is 2.19. The van der Waals surface area contributed by atoms with Crippen molar-refractivity contribution < 1.29 is 18.7 Å². The summed E-state index contributed by atoms with van der Waals surface area (Å²) in [6, 6.07) is 5.71. The first kappa shape index (κ1) is 17.5. The number of benzene rings is 1. The summed E-state index contributed by atoms with van der Waals surface area (Å²) in [5.41, 5.74) is -0.175. The molecule has 1 amide bonds. The number of hydrogen-bond acceptors (Lipinski definition) is 5. The summed E-state index contributed by atoms with van der Waals surface area (Å²) < 4.78 is 10.5. The Labute approximate surface area is 149 Å². The molecule has 1 N–H and O–H groups in total. The molecule has 1 aliphatic rings. The molecule has 1 heterocycles. The lowest BCUT2D eigenvalue weighted by molar-refractivity contribution is -0.129. The molecule has 6 nitrogen and oxygen atoms in total. The van der Waals surface area contributed by atoms with E-state index in [2.05, 4.69) is 5.32 Å². The number of ether oxygens (including phenoxy) is 1. The van der Waals surface area contributed by atoms with Gasteiger partial charge in [-0.3, -0.25) is 9.59 Å². The van der Waals surface area contributed by atoms with Crippen molar-refractivity contribution in [1.29, 1.82) is 0 Å². The molecule has 0 radical (unpaired) electrons. The third kappa shape index (κ3) is 4.02. The molecule has 1 saturated carbocycles. The zero-order chi connectivity index (χ0) is 18.0. The zero-order valence-electron chi connectivity index (χ0n) is 13.7. The molecular formula is C18H18ClNO5. The molecule has 3 rings (SSSR count). The summed E-state index contributed by atoms with van der Waals surface area (Å²) in [5, 5.41) is 3.53. The summed E-state index contributed by atoms with van der Waals surface area (Å²) in [6.07, 6.45) is 3.08. The molecule has 7 heteroatoms. The fourth-order valence-electron chi connectivity index (χ4n) is 2.89. The molecule has 1 fully saturated rings. The van der Waals surface area contributed by atoms with Crippen molar-refractivity contribution in [3.63, 3.8) is 0 Å². The second kappa shape index (κ2) is 7.27. The fourth-order valence-corrected chi connectivity index (χ4v) is 3.06. The van der Waals surface area contributed by atoms with Crippen LogP contribution in [0.5, 0.6) is 0 Å². The smallest absolute Gasteiger partial charge is 0.375 e. The molecule has 1 aromatic carbocycles. The van der Waals surface area contributed by atoms with Crippen molar-refractivity contribution >= 4 is 34.4 Å². The first-order chi connectivity index (χ1) is 11.9. The highest BCUT2D eigenvalue weighted by atomic mass is 35.5. The van der Waals surface area contributed by atoms with Crippen LogP contribution in [-0.4, -0.2) is 24.0 Å². The topological polar surface area (TPSA) is 85.6 Å². The van der Waals surface area contributed by atoms with Crippen LogP contribution < -0.4 is 10.7 Å². The molecule has 1 aliphatic carbocycles. The molecule has 0 aliphatic heterocycles. The average Bonchev–Trinajstić information content (AvgIpc) is 3.08. The van der Waals surface area contributed by atoms with Crippen LogP contribution in [0.3, 0.4) is 0 Å². The first-order valence-corrected chi connectivity index (χ1v) is 8.56. The van der Waals surface area contributed by atoms with Crippen LogP contribution in [-0.2, 0) is 9.53 Å². The number of fused-ring (bicyclic) bond motifs is 1. The maximum absolute atomic E-state index is 12.2. The number of carbonyl (C=O) groups excluding carboxylic acids is 2. The van der Waals surface area contributed by atoms with E-state index >= 15 is 0 Å². The summed E-state index contributed by atoms with van der Waals surface area (Å²) in [6.45, 7) is 1.49. The van der Waals surface area contributed by atoms with Gasteiger partial charge >= 0.3 is 5.97 Å². The Balaban J connectivity index is 1.72. The minimum absolute atomic E-state index is 0.136. The number of amides is 1. The lowest BCUT2D eigenvalue weighted by Crippen LogP contribution is -2.40. The van der Waals surface area contributed by atoms with Crippen molar-refractivity contribution in [1.82, 2.24) is 5.32 Å². The van der Waals surface area contributed by atoms with Gasteiger partial charge in [0.2, 0.25) is 5.76 Å². The highest BCUT2D eigenvalue weighted by Gasteiger charge is 2.24. The van der Waals surface area contributed by atoms with E-state index < -0.39 is 17.5 Å². The van der Waals surface area contributed by atoms with Crippen LogP contribution in [0.1, 0.15) is 43.2 Å². The number of carbonyl (C=O) groups is 2. The standard InChI is InChI=1S/C18H18ClNO5/c1-10(17(22)20-12-4-2-3-5-12)24-18(23)16-9-14(21)13-8-11(19)6-7-15(13)25-16/h6-10,12H,2-5H2,1H3,(H,20,22)/t10-/m1/s1. The maximum atomic E-state index is 12.2. The predicted octanol–water partition coefficient (Wildman–Crippen LogP) is 3.05. The molecule has 1 atom stereocenters. The van der Waals surface area contributed by atoms with Crippen LogP contribution in [0.2, 0.25) is 5.02 Å². The Morgan fingerprint density at radius 1 is 1.28 bits per heavy atom. The summed E-state index contributed by atoms with van der Waals surface area (Å²) in [4.78, 5) is 36.4. The van der Waals surface area contributed by atoms with Crippen molar-refractivity contribution in [3.05, 3.63) is 45.3 Å². The van der Waals surface area contributed by atoms with Gasteiger partial charge in [0.05, 0.1) is 5.39 Å². The predicted molar refractivity (Wildman–Crippen MR) is 92.8 cm³/mol. The minimum atomic E-state index is -0.973. The molecule has 132 valence electrons. The van der Waals surface area contributed by atoms with Gasteiger partial charge in [-0.25, -0.2) is 4.79 Å². The quantitative estimate of drug-likeness (QED) is 0.844. The van der Waals surface area contributed by atoms with E-state index in [1.165, 1.54) is 19.1 Å². The number of hydrogen-bond donors (Lipinski definition) is 1. The van der Waals surface area contributed by atoms with E-state index in [1.54, 1.807) is 6.07 Å². The number of rotatable bonds is 4. The Kier molecular flexibility index (Phi) is 5.08. The second-order valence-corrected chi connectivity index (χ2v) is 6.59. The SMILES string of the molecule is C[C@@H](OC(=O)c1cc(=O)c2cc(Cl)ccc2o1)C(=O)NC1CCCC1. The first-order valence-electron chi connectivity index (χ1n) is 8.19. The van der Waals surface area contributed by atoms with E-state index in [0.717, 1.165) is 31.7 Å². The average molecular weight is 364 g/mol. The Hall–Kier alpha value is -2.34. The highest BCUT2D eigenvalue weighted by molar-refractivity contribution is 6.31. The van der Waals surface area contributed by atoms with E-state index in [1.807, 2.05) is 0 Å². The molecular weight excluding hydrogens is 346 g/mol. The Morgan fingerprint density at radius 3 is 2.72 bits per heavy atom. The van der Waals surface area contributed by atoms with Gasteiger partial charge < -0.3 is 14.5 Å². The Morgan fingerprint density at radius 2 is 2.00 bits per heavy atom. The number of esters is 1. The van der Waals surface area contributed by atoms with Gasteiger partial charge in [0, 0.05) is 17.1 Å². The van der Waals surface area contributed by atoms with Gasteiger partial charge in [0.15, 0.2) is 11.5 Å². The molecule has 25 heavy (non-hydrogen) atoms. The van der Waals surface area contributed by atoms with Crippen molar-refractivity contribution in [2.24, 2.45) is 0 Å². The van der Waals surface area contributed by atoms with E-state index in [9.17, 15) is 14.4 Å². The van der Waals surface area contributed by atoms with Gasteiger partial charge in [-0.05, 0) is 38.0 Å². The molecule has 0 saturated heterocycles. The van der Waals surface area contributed by atoms with Crippen molar-refractivity contribution in [2.75, 3.05) is 0 Å². The fraction of sp³-hybridized carbons (Fsp3) is 0.389. The van der Waals surface area contributed by atoms with E-state index in [0.29, 0.717) is 5.02 Å². The van der Waals surface area contributed by atoms with Crippen LogP contribution >= 0.6 is 11.6 Å². The third-order valence-corrected chi connectivity index (χ3v) is 4.48. The van der Waals surface area contributed by atoms with Crippen LogP contribution in [0.25, 0.3) is 11.0 Å². The molecule has 1 aromatic heterocycles. The number of halogens is 1. The normalized spacial score (nSPS) is 15.9. The second-order valence-electron chi connectivity index (χ2n) is 6.15. The number of nitrogens with one attached hydrogen (secondary N) is 1. The summed E-state index contributed by atoms with van der Waals surface area (Å²) >= 11 is 5.85. The zero-order valence-corrected chi connectivity index (χ0v) is 14.5. The lowest BCUT2D eigenvalue weighted by atomic mass is 10.2. The lowest BCUT2D eigenvalue weighted by Gasteiger charge is -2.16. The van der Waals surface area contributed by atoms with Gasteiger partial charge in [-0.15, -0.1) is 0 Å². The largest absolute Gasteiger partial charge is 0.449 e. The molecule has 2 aromatic rings. The minimum Gasteiger partial charge on any atom is -0.449 e. The van der Waals surface area contributed by atoms with Crippen molar-refractivity contribution in [3.8, 4) is 0 Å². The van der Waals surface area contributed by atoms with Gasteiger partial charge in [0.25, 0.3) is 5.91 Å². The third-order valence-electron chi connectivity index (χ3n) is 4.24. The molecule has 0 spiro atoms. The van der Waals surface area contributed by atoms with Gasteiger partial charge in [-0.1, -0.05) is 24.4 Å². The Bertz CT molecular complexity index is 869. The monoisotopic (exact) mass is 363 g/mol. The maximum Gasteiger partial charge on any atom is 0.375 e. The van der Waals surface area contributed by atoms with Crippen LogP contribution in [0.4, 0.5) is 0 Å². The van der Waals surface area contributed by atoms with Crippen molar-refractivity contribution in [2.45, 2.75) is 44.8 Å². The molecule has 0 unspecified atom stereocenters. The summed E-state index contributed by atoms with van der Waals surface area (Å²) in [5.74, 6) is -1.46. The van der Waals surface area contributed by atoms with E-state index in [-0.39, 0.29) is 28.7 Å². The summed E-state index contributed by atoms with van der Waals surface area (Å²) in [7, 11) is 0. The van der Waals surface area contributed by atoms with E-state index in [4.69, 9.17) is 20.8 Å². The molecule has 0 bridgehead atoms. The van der Waals surface area contributed by atoms with Crippen LogP contribution in [0, 0.1) is 0 Å². The van der Waals surface area contributed by atoms with Gasteiger partial charge in [0.1, 0.15) is 5.58 Å².